The summed E-state index contributed by atoms with van der Waals surface area (Å²) in [6.45, 7) is 0.972. The molecule has 0 saturated heterocycles. The molecule has 0 spiro atoms. The van der Waals surface area contributed by atoms with Crippen LogP contribution in [0.4, 0.5) is 17.1 Å². The van der Waals surface area contributed by atoms with E-state index in [1.54, 1.807) is 0 Å². The molecule has 4 fully saturated rings. The van der Waals surface area contributed by atoms with Crippen LogP contribution in [0.2, 0.25) is 0 Å². The fourth-order valence-corrected chi connectivity index (χ4v) is 6.87. The van der Waals surface area contributed by atoms with Crippen molar-refractivity contribution in [3.63, 3.8) is 0 Å². The number of hydrogen-bond donors (Lipinski definition) is 0. The lowest BCUT2D eigenvalue weighted by atomic mass is 9.53. The number of anilines is 3. The highest BCUT2D eigenvalue weighted by molar-refractivity contribution is 5.75. The second-order valence-electron chi connectivity index (χ2n) is 10.1. The lowest BCUT2D eigenvalue weighted by molar-refractivity contribution is -0.776. The highest BCUT2D eigenvalue weighted by Crippen LogP contribution is 2.56. The van der Waals surface area contributed by atoms with Gasteiger partial charge in [-0.1, -0.05) is 36.4 Å². The minimum atomic E-state index is -1.08. The summed E-state index contributed by atoms with van der Waals surface area (Å²) in [6.07, 6.45) is 13.4. The van der Waals surface area contributed by atoms with E-state index in [9.17, 15) is 0 Å². The molecule has 0 unspecified atom stereocenters. The maximum Gasteiger partial charge on any atom is 0.171 e. The molecule has 3 aromatic rings. The number of carbonyl (C=O) groups is 1. The Kier molecular flexibility index (Phi) is 5.92. The zero-order chi connectivity index (χ0) is 22.8. The van der Waals surface area contributed by atoms with E-state index in [1.807, 2.05) is 0 Å². The lowest BCUT2D eigenvalue weighted by Crippen LogP contribution is -2.64. The molecule has 4 bridgehead atoms. The van der Waals surface area contributed by atoms with E-state index >= 15 is 0 Å². The van der Waals surface area contributed by atoms with Gasteiger partial charge in [0, 0.05) is 48.7 Å². The summed E-state index contributed by atoms with van der Waals surface area (Å²) in [5.74, 6) is 1.83. The third-order valence-corrected chi connectivity index (χ3v) is 7.65. The SMILES string of the molecule is CC(=O)[O-].c1ccc(N(c2ccccc2)c2cc[n+](C34CC5CC(CC(C5)C3)C4)cc2)cc1. The first-order chi connectivity index (χ1) is 16.0. The van der Waals surface area contributed by atoms with Crippen LogP contribution in [-0.2, 0) is 10.3 Å². The first kappa shape index (κ1) is 21.7. The molecule has 4 aliphatic carbocycles. The molecule has 0 aliphatic heterocycles. The second-order valence-corrected chi connectivity index (χ2v) is 10.1. The van der Waals surface area contributed by atoms with E-state index in [0.29, 0.717) is 5.54 Å². The van der Waals surface area contributed by atoms with Crippen molar-refractivity contribution in [2.45, 2.75) is 51.0 Å². The number of benzene rings is 2. The molecule has 33 heavy (non-hydrogen) atoms. The normalized spacial score (nSPS) is 26.9. The number of hydrogen-bond acceptors (Lipinski definition) is 3. The van der Waals surface area contributed by atoms with Gasteiger partial charge in [0.1, 0.15) is 0 Å². The van der Waals surface area contributed by atoms with Crippen molar-refractivity contribution in [3.8, 4) is 0 Å². The number of carboxylic acid groups (broad SMARTS) is 1. The Hall–Kier alpha value is -3.14. The van der Waals surface area contributed by atoms with Gasteiger partial charge in [0.05, 0.1) is 5.69 Å². The Morgan fingerprint density at radius 3 is 1.52 bits per heavy atom. The number of carbonyl (C=O) groups excluding carboxylic acids is 1. The van der Waals surface area contributed by atoms with Crippen LogP contribution in [0.25, 0.3) is 0 Å². The monoisotopic (exact) mass is 440 g/mol. The Balaban J connectivity index is 0.000000531. The Morgan fingerprint density at radius 2 is 1.12 bits per heavy atom. The van der Waals surface area contributed by atoms with Crippen molar-refractivity contribution in [1.29, 1.82) is 0 Å². The van der Waals surface area contributed by atoms with Gasteiger partial charge < -0.3 is 14.8 Å². The minimum Gasteiger partial charge on any atom is -0.550 e. The Bertz CT molecular complexity index is 1000. The number of nitrogens with zero attached hydrogens (tertiary/aromatic N) is 2. The fourth-order valence-electron chi connectivity index (χ4n) is 6.87. The van der Waals surface area contributed by atoms with Crippen LogP contribution in [0, 0.1) is 17.8 Å². The average molecular weight is 441 g/mol. The van der Waals surface area contributed by atoms with Crippen LogP contribution in [0.5, 0.6) is 0 Å². The summed E-state index contributed by atoms with van der Waals surface area (Å²) in [4.78, 5) is 11.2. The van der Waals surface area contributed by atoms with Gasteiger partial charge in [0.2, 0.25) is 0 Å². The van der Waals surface area contributed by atoms with Crippen LogP contribution in [0.1, 0.15) is 45.4 Å². The summed E-state index contributed by atoms with van der Waals surface area (Å²) in [5.41, 5.74) is 4.01. The summed E-state index contributed by atoms with van der Waals surface area (Å²) < 4.78 is 2.58. The van der Waals surface area contributed by atoms with Crippen molar-refractivity contribution >= 4 is 23.0 Å². The van der Waals surface area contributed by atoms with Gasteiger partial charge in [-0.25, -0.2) is 0 Å². The maximum atomic E-state index is 8.89. The molecular formula is C29H32N2O2. The third kappa shape index (κ3) is 4.52. The number of aromatic nitrogens is 1. The molecule has 170 valence electrons. The van der Waals surface area contributed by atoms with E-state index in [-0.39, 0.29) is 0 Å². The molecule has 0 atom stereocenters. The van der Waals surface area contributed by atoms with Gasteiger partial charge in [-0.15, -0.1) is 0 Å². The Morgan fingerprint density at radius 1 is 0.758 bits per heavy atom. The number of aliphatic carboxylic acids is 1. The molecule has 0 amide bonds. The zero-order valence-corrected chi connectivity index (χ0v) is 19.3. The van der Waals surface area contributed by atoms with Crippen LogP contribution in [-0.4, -0.2) is 5.97 Å². The summed E-state index contributed by atoms with van der Waals surface area (Å²) in [6, 6.07) is 26.0. The fraction of sp³-hybridized carbons (Fsp3) is 0.379. The van der Waals surface area contributed by atoms with Gasteiger partial charge in [0.15, 0.2) is 17.9 Å². The number of rotatable bonds is 4. The molecule has 1 heterocycles. The van der Waals surface area contributed by atoms with E-state index in [2.05, 4.69) is 94.7 Å². The van der Waals surface area contributed by atoms with Crippen LogP contribution < -0.4 is 14.6 Å². The molecule has 4 nitrogen and oxygen atoms in total. The topological polar surface area (TPSA) is 47.2 Å². The van der Waals surface area contributed by atoms with Crippen LogP contribution >= 0.6 is 0 Å². The molecule has 7 rings (SSSR count). The first-order valence-corrected chi connectivity index (χ1v) is 12.1. The number of para-hydroxylation sites is 2. The van der Waals surface area contributed by atoms with Gasteiger partial charge in [-0.2, -0.15) is 4.57 Å². The quantitative estimate of drug-likeness (QED) is 0.529. The maximum absolute atomic E-state index is 8.89. The minimum absolute atomic E-state index is 0.387. The molecule has 2 aromatic carbocycles. The van der Waals surface area contributed by atoms with E-state index in [0.717, 1.165) is 24.7 Å². The summed E-state index contributed by atoms with van der Waals surface area (Å²) in [5, 5.41) is 8.89. The van der Waals surface area contributed by atoms with Gasteiger partial charge in [-0.05, 0) is 68.2 Å². The van der Waals surface area contributed by atoms with Crippen molar-refractivity contribution in [1.82, 2.24) is 0 Å². The van der Waals surface area contributed by atoms with E-state index < -0.39 is 5.97 Å². The van der Waals surface area contributed by atoms with Crippen molar-refractivity contribution < 1.29 is 14.5 Å². The zero-order valence-electron chi connectivity index (χ0n) is 19.3. The van der Waals surface area contributed by atoms with Crippen LogP contribution in [0.3, 0.4) is 0 Å². The molecule has 4 saturated carbocycles. The summed E-state index contributed by atoms with van der Waals surface area (Å²) in [7, 11) is 0. The molecule has 4 aliphatic rings. The van der Waals surface area contributed by atoms with Crippen LogP contribution in [0.15, 0.2) is 85.2 Å². The standard InChI is InChI=1S/C27H29N2.C2H4O2/c1-3-7-24(8-4-1)29(25-9-5-2-6-10-25)26-11-13-28(14-12-26)27-18-21-15-22(19-27)17-23(16-21)20-27;1-2(3)4/h1-14,21-23H,15-20H2;1H3,(H,3,4)/q+1;/p-1. The predicted octanol–water partition coefficient (Wildman–Crippen LogP) is 5.13. The van der Waals surface area contributed by atoms with Gasteiger partial charge in [0.25, 0.3) is 0 Å². The van der Waals surface area contributed by atoms with Gasteiger partial charge >= 0.3 is 0 Å². The van der Waals surface area contributed by atoms with Crippen molar-refractivity contribution in [2.75, 3.05) is 4.90 Å². The molecule has 0 N–H and O–H groups in total. The predicted molar refractivity (Wildman–Crippen MR) is 128 cm³/mol. The molecule has 0 radical (unpaired) electrons. The molecule has 1 aromatic heterocycles. The van der Waals surface area contributed by atoms with Gasteiger partial charge in [-0.3, -0.25) is 0 Å². The Labute approximate surface area is 196 Å². The highest BCUT2D eigenvalue weighted by Gasteiger charge is 2.56. The lowest BCUT2D eigenvalue weighted by Gasteiger charge is -2.53. The third-order valence-electron chi connectivity index (χ3n) is 7.65. The smallest absolute Gasteiger partial charge is 0.171 e. The summed E-state index contributed by atoms with van der Waals surface area (Å²) >= 11 is 0. The van der Waals surface area contributed by atoms with E-state index in [1.165, 1.54) is 55.6 Å². The largest absolute Gasteiger partial charge is 0.550 e. The first-order valence-electron chi connectivity index (χ1n) is 12.1. The average Bonchev–Trinajstić information content (AvgIpc) is 2.80. The highest BCUT2D eigenvalue weighted by atomic mass is 16.4. The van der Waals surface area contributed by atoms with Crippen molar-refractivity contribution in [3.05, 3.63) is 85.2 Å². The number of carboxylic acids is 1. The molecular weight excluding hydrogens is 408 g/mol. The number of pyridine rings is 1. The van der Waals surface area contributed by atoms with E-state index in [4.69, 9.17) is 9.90 Å². The van der Waals surface area contributed by atoms with Crippen molar-refractivity contribution in [2.24, 2.45) is 17.8 Å². The molecule has 4 heteroatoms. The second kappa shape index (κ2) is 9.01.